The highest BCUT2D eigenvalue weighted by Gasteiger charge is 2.48. The molecule has 3 amide bonds. The fourth-order valence-electron chi connectivity index (χ4n) is 4.18. The minimum atomic E-state index is -3.15. The van der Waals surface area contributed by atoms with Crippen LogP contribution < -0.4 is 25.6 Å². The van der Waals surface area contributed by atoms with E-state index in [9.17, 15) is 18.4 Å². The molecule has 0 saturated carbocycles. The molecule has 0 aliphatic carbocycles. The Kier molecular flexibility index (Phi) is 8.66. The molecule has 13 nitrogen and oxygen atoms in total. The van der Waals surface area contributed by atoms with E-state index < -0.39 is 30.5 Å². The van der Waals surface area contributed by atoms with Crippen molar-refractivity contribution in [2.75, 3.05) is 55.4 Å². The van der Waals surface area contributed by atoms with Crippen LogP contribution in [0.4, 0.5) is 36.0 Å². The first-order valence-corrected chi connectivity index (χ1v) is 12.4. The van der Waals surface area contributed by atoms with E-state index in [0.717, 1.165) is 30.8 Å². The van der Waals surface area contributed by atoms with E-state index in [1.165, 1.54) is 31.7 Å². The molecule has 206 valence electrons. The van der Waals surface area contributed by atoms with Crippen molar-refractivity contribution in [3.8, 4) is 5.88 Å². The van der Waals surface area contributed by atoms with Gasteiger partial charge in [-0.2, -0.15) is 4.98 Å². The monoisotopic (exact) mass is 535 g/mol. The second kappa shape index (κ2) is 12.1. The number of carbonyl (C=O) groups is 2. The Morgan fingerprint density at radius 3 is 2.68 bits per heavy atom. The maximum atomic E-state index is 14.9. The second-order valence-corrected chi connectivity index (χ2v) is 8.91. The van der Waals surface area contributed by atoms with Crippen LogP contribution in [0.5, 0.6) is 5.88 Å². The first-order chi connectivity index (χ1) is 18.2. The van der Waals surface area contributed by atoms with Crippen molar-refractivity contribution < 1.29 is 27.8 Å². The highest BCUT2D eigenvalue weighted by Crippen LogP contribution is 2.33. The summed E-state index contributed by atoms with van der Waals surface area (Å²) in [6.07, 6.45) is 4.13. The van der Waals surface area contributed by atoms with E-state index in [-0.39, 0.29) is 42.7 Å². The number of urea groups is 1. The average molecular weight is 536 g/mol. The molecule has 2 aromatic heterocycles. The van der Waals surface area contributed by atoms with Gasteiger partial charge in [-0.15, -0.1) is 0 Å². The van der Waals surface area contributed by atoms with Crippen LogP contribution in [0.25, 0.3) is 0 Å². The number of rotatable bonds is 7. The van der Waals surface area contributed by atoms with Gasteiger partial charge in [-0.25, -0.2) is 33.3 Å². The van der Waals surface area contributed by atoms with Crippen LogP contribution in [0.1, 0.15) is 26.2 Å². The molecule has 0 bridgehead atoms. The van der Waals surface area contributed by atoms with Crippen molar-refractivity contribution in [1.29, 1.82) is 0 Å². The van der Waals surface area contributed by atoms with Crippen LogP contribution in [-0.2, 0) is 4.74 Å². The van der Waals surface area contributed by atoms with Crippen molar-refractivity contribution in [2.45, 2.75) is 44.3 Å². The number of ether oxygens (including phenoxy) is 2. The van der Waals surface area contributed by atoms with Gasteiger partial charge in [-0.1, -0.05) is 0 Å². The van der Waals surface area contributed by atoms with Crippen LogP contribution in [0.3, 0.4) is 0 Å². The summed E-state index contributed by atoms with van der Waals surface area (Å²) < 4.78 is 40.4. The number of amides is 3. The van der Waals surface area contributed by atoms with Gasteiger partial charge in [0.15, 0.2) is 5.82 Å². The summed E-state index contributed by atoms with van der Waals surface area (Å²) in [5.41, 5.74) is 0. The van der Waals surface area contributed by atoms with Gasteiger partial charge in [0.1, 0.15) is 18.0 Å². The van der Waals surface area contributed by atoms with Crippen LogP contribution in [0, 0.1) is 0 Å². The lowest BCUT2D eigenvalue weighted by Crippen LogP contribution is -2.60. The van der Waals surface area contributed by atoms with Crippen molar-refractivity contribution >= 4 is 29.7 Å². The Morgan fingerprint density at radius 2 is 1.97 bits per heavy atom. The number of aromatic nitrogens is 4. The minimum absolute atomic E-state index is 0.0354. The minimum Gasteiger partial charge on any atom is -0.477 e. The lowest BCUT2D eigenvalue weighted by Gasteiger charge is -2.42. The topological polar surface area (TPSA) is 147 Å². The fraction of sp³-hybridized carbons (Fsp3) is 0.565. The number of carbonyl (C=O) groups excluding carboxylic acids is 2. The van der Waals surface area contributed by atoms with Crippen molar-refractivity contribution in [1.82, 2.24) is 30.2 Å². The molecule has 0 aromatic carbocycles. The third-order valence-electron chi connectivity index (χ3n) is 6.25. The standard InChI is InChI=1S/C23H31F2N9O4/c1-3-37-19-13-28-18(12-29-19)31-21(35)33(2)16-14-34(11-7-23(16,24)25)20-27-10-6-17(30-20)32-22(36)38-15-4-8-26-9-5-15/h6,10,12-13,15-16,26H,3-5,7-9,11,14H2,1-2H3,(H,28,31,35)(H,27,30,32,36)/t16-/m0/s1. The number of piperidine rings is 2. The molecule has 2 aromatic rings. The van der Waals surface area contributed by atoms with Gasteiger partial charge in [0.05, 0.1) is 19.0 Å². The van der Waals surface area contributed by atoms with E-state index in [1.807, 2.05) is 0 Å². The number of alkyl halides is 2. The normalized spacial score (nSPS) is 19.4. The summed E-state index contributed by atoms with van der Waals surface area (Å²) in [4.78, 5) is 44.0. The summed E-state index contributed by atoms with van der Waals surface area (Å²) in [7, 11) is 1.29. The molecule has 2 aliphatic rings. The quantitative estimate of drug-likeness (QED) is 0.483. The van der Waals surface area contributed by atoms with Gasteiger partial charge in [0.2, 0.25) is 11.8 Å². The molecule has 3 N–H and O–H groups in total. The number of nitrogens with zero attached hydrogens (tertiary/aromatic N) is 6. The Balaban J connectivity index is 1.39. The summed E-state index contributed by atoms with van der Waals surface area (Å²) >= 11 is 0. The first kappa shape index (κ1) is 27.2. The van der Waals surface area contributed by atoms with Gasteiger partial charge in [0.25, 0.3) is 5.92 Å². The summed E-state index contributed by atoms with van der Waals surface area (Å²) in [6.45, 7) is 3.48. The summed E-state index contributed by atoms with van der Waals surface area (Å²) in [5, 5.41) is 8.24. The van der Waals surface area contributed by atoms with Crippen molar-refractivity contribution in [3.05, 3.63) is 24.7 Å². The maximum Gasteiger partial charge on any atom is 0.413 e. The number of nitrogens with one attached hydrogen (secondary N) is 3. The molecular weight excluding hydrogens is 504 g/mol. The zero-order chi connectivity index (χ0) is 27.1. The van der Waals surface area contributed by atoms with Gasteiger partial charge in [0, 0.05) is 32.8 Å². The highest BCUT2D eigenvalue weighted by molar-refractivity contribution is 5.88. The number of halogens is 2. The Labute approximate surface area is 218 Å². The fourth-order valence-corrected chi connectivity index (χ4v) is 4.18. The predicted octanol–water partition coefficient (Wildman–Crippen LogP) is 2.34. The van der Waals surface area contributed by atoms with E-state index in [1.54, 1.807) is 11.8 Å². The molecule has 2 saturated heterocycles. The third kappa shape index (κ3) is 6.90. The lowest BCUT2D eigenvalue weighted by molar-refractivity contribution is -0.0760. The Hall–Kier alpha value is -3.88. The van der Waals surface area contributed by atoms with Crippen LogP contribution in [0.2, 0.25) is 0 Å². The van der Waals surface area contributed by atoms with Crippen LogP contribution in [-0.4, -0.2) is 94.9 Å². The zero-order valence-electron chi connectivity index (χ0n) is 21.2. The molecular formula is C23H31F2N9O4. The molecule has 0 spiro atoms. The third-order valence-corrected chi connectivity index (χ3v) is 6.25. The molecule has 1 atom stereocenters. The van der Waals surface area contributed by atoms with E-state index in [4.69, 9.17) is 9.47 Å². The zero-order valence-corrected chi connectivity index (χ0v) is 21.2. The van der Waals surface area contributed by atoms with Gasteiger partial charge in [-0.05, 0) is 38.9 Å². The molecule has 4 heterocycles. The van der Waals surface area contributed by atoms with Gasteiger partial charge >= 0.3 is 12.1 Å². The summed E-state index contributed by atoms with van der Waals surface area (Å²) in [6, 6.07) is -0.760. The number of likely N-dealkylation sites (N-methyl/N-ethyl adjacent to an activating group) is 1. The van der Waals surface area contributed by atoms with E-state index in [0.29, 0.717) is 6.61 Å². The SMILES string of the molecule is CCOc1cnc(NC(=O)N(C)[C@H]2CN(c3nccc(NC(=O)OC4CCNCC4)n3)CCC2(F)F)cn1. The number of hydrogen-bond donors (Lipinski definition) is 3. The van der Waals surface area contributed by atoms with E-state index >= 15 is 0 Å². The van der Waals surface area contributed by atoms with Gasteiger partial charge in [-0.3, -0.25) is 10.6 Å². The first-order valence-electron chi connectivity index (χ1n) is 12.4. The average Bonchev–Trinajstić information content (AvgIpc) is 2.90. The maximum absolute atomic E-state index is 14.9. The smallest absolute Gasteiger partial charge is 0.413 e. The second-order valence-electron chi connectivity index (χ2n) is 8.91. The summed E-state index contributed by atoms with van der Waals surface area (Å²) in [5.74, 6) is -2.44. The molecule has 4 rings (SSSR count). The van der Waals surface area contributed by atoms with Crippen molar-refractivity contribution in [3.63, 3.8) is 0 Å². The molecule has 38 heavy (non-hydrogen) atoms. The highest BCUT2D eigenvalue weighted by atomic mass is 19.3. The molecule has 0 radical (unpaired) electrons. The van der Waals surface area contributed by atoms with E-state index in [2.05, 4.69) is 35.9 Å². The predicted molar refractivity (Wildman–Crippen MR) is 134 cm³/mol. The van der Waals surface area contributed by atoms with Crippen LogP contribution >= 0.6 is 0 Å². The molecule has 2 fully saturated rings. The van der Waals surface area contributed by atoms with Crippen molar-refractivity contribution in [2.24, 2.45) is 0 Å². The lowest BCUT2D eigenvalue weighted by atomic mass is 10.00. The molecule has 2 aliphatic heterocycles. The Bertz CT molecular complexity index is 1100. The number of anilines is 3. The molecule has 0 unspecified atom stereocenters. The van der Waals surface area contributed by atoms with Crippen LogP contribution in [0.15, 0.2) is 24.7 Å². The number of hydrogen-bond acceptors (Lipinski definition) is 10. The van der Waals surface area contributed by atoms with Gasteiger partial charge < -0.3 is 24.6 Å². The molecule has 15 heteroatoms. The largest absolute Gasteiger partial charge is 0.477 e. The Morgan fingerprint density at radius 1 is 1.18 bits per heavy atom.